The molecule has 0 saturated carbocycles. The second-order valence-electron chi connectivity index (χ2n) is 16.6. The smallest absolute Gasteiger partial charge is 0.336 e. The van der Waals surface area contributed by atoms with Crippen molar-refractivity contribution in [1.29, 1.82) is 0 Å². The summed E-state index contributed by atoms with van der Waals surface area (Å²) in [6.45, 7) is 2.10. The maximum Gasteiger partial charge on any atom is 0.336 e. The Kier molecular flexibility index (Phi) is 12.3. The summed E-state index contributed by atoms with van der Waals surface area (Å²) in [6, 6.07) is 29.1. The average molecular weight is 952 g/mol. The van der Waals surface area contributed by atoms with Crippen molar-refractivity contribution in [3.8, 4) is 50.7 Å². The Labute approximate surface area is 402 Å². The maximum absolute atomic E-state index is 13.5. The molecule has 3 heterocycles. The number of hydrogen-bond acceptors (Lipinski definition) is 12. The molecule has 1 aromatic heterocycles. The first-order chi connectivity index (χ1) is 34.1. The minimum Gasteiger partial charge on any atom is -0.508 e. The van der Waals surface area contributed by atoms with Crippen LogP contribution in [0.2, 0.25) is 0 Å². The van der Waals surface area contributed by atoms with Crippen molar-refractivity contribution in [2.45, 2.75) is 20.0 Å². The molecule has 2 aliphatic heterocycles. The van der Waals surface area contributed by atoms with Gasteiger partial charge < -0.3 is 44.8 Å². The Hall–Kier alpha value is -9.64. The third kappa shape index (κ3) is 8.97. The first-order valence-corrected chi connectivity index (χ1v) is 22.0. The van der Waals surface area contributed by atoms with Gasteiger partial charge in [0.1, 0.15) is 34.1 Å². The second kappa shape index (κ2) is 18.8. The number of aromatic carboxylic acids is 3. The van der Waals surface area contributed by atoms with Crippen LogP contribution in [0.1, 0.15) is 70.0 Å². The van der Waals surface area contributed by atoms with Gasteiger partial charge in [-0.15, -0.1) is 0 Å². The molecule has 2 aliphatic carbocycles. The molecule has 0 atom stereocenters. The Morgan fingerprint density at radius 3 is 1.93 bits per heavy atom. The largest absolute Gasteiger partial charge is 0.508 e. The number of phenolic OH excluding ortho intramolecular Hbond substituents is 1. The first-order valence-electron chi connectivity index (χ1n) is 22.0. The van der Waals surface area contributed by atoms with E-state index in [1.165, 1.54) is 60.8 Å². The summed E-state index contributed by atoms with van der Waals surface area (Å²) in [5, 5.41) is 47.8. The van der Waals surface area contributed by atoms with Gasteiger partial charge in [-0.25, -0.2) is 14.4 Å². The van der Waals surface area contributed by atoms with Gasteiger partial charge in [-0.3, -0.25) is 24.4 Å². The Morgan fingerprint density at radius 1 is 0.634 bits per heavy atom. The minimum atomic E-state index is -1.40. The van der Waals surface area contributed by atoms with Crippen molar-refractivity contribution in [3.05, 3.63) is 176 Å². The highest BCUT2D eigenvalue weighted by Gasteiger charge is 2.27. The number of benzene rings is 6. The number of carboxylic acids is 3. The fraction of sp³-hybridized carbons (Fsp3) is 0.111. The van der Waals surface area contributed by atoms with Crippen molar-refractivity contribution < 1.29 is 53.2 Å². The van der Waals surface area contributed by atoms with Crippen molar-refractivity contribution in [3.63, 3.8) is 0 Å². The topological polar surface area (TPSA) is 262 Å². The SMILES string of the molecule is CC/N=c1\ccc2c(-c3ccc(C(=O)NCc4ccc(C(=O)NCc5c6oc7cc(O)ccc7c(-c7ccc(C(=O)O)cc7C(=O)O)c-6ccc5=O)nc4)cc3C(=O)O)c3ccc(N(C)C)cc3oc-2c1. The van der Waals surface area contributed by atoms with Crippen molar-refractivity contribution in [1.82, 2.24) is 15.6 Å². The van der Waals surface area contributed by atoms with Gasteiger partial charge in [-0.05, 0) is 102 Å². The van der Waals surface area contributed by atoms with E-state index in [2.05, 4.69) is 20.6 Å². The molecule has 6 N–H and O–H groups in total. The van der Waals surface area contributed by atoms with E-state index in [4.69, 9.17) is 8.83 Å². The maximum atomic E-state index is 13.5. The molecule has 0 bridgehead atoms. The van der Waals surface area contributed by atoms with Gasteiger partial charge in [0.05, 0.1) is 34.2 Å². The van der Waals surface area contributed by atoms with E-state index < -0.39 is 35.2 Å². The van der Waals surface area contributed by atoms with Gasteiger partial charge in [0.25, 0.3) is 11.8 Å². The fourth-order valence-corrected chi connectivity index (χ4v) is 8.51. The third-order valence-corrected chi connectivity index (χ3v) is 12.0. The van der Waals surface area contributed by atoms with Crippen LogP contribution in [0.5, 0.6) is 5.75 Å². The van der Waals surface area contributed by atoms with Crippen LogP contribution in [-0.4, -0.2) is 75.8 Å². The molecule has 0 saturated heterocycles. The predicted octanol–water partition coefficient (Wildman–Crippen LogP) is 8.12. The Balaban J connectivity index is 0.938. The lowest BCUT2D eigenvalue weighted by molar-refractivity contribution is 0.0682. The number of aromatic nitrogens is 1. The van der Waals surface area contributed by atoms with Crippen LogP contribution in [0.15, 0.2) is 140 Å². The summed E-state index contributed by atoms with van der Waals surface area (Å²) >= 11 is 0. The van der Waals surface area contributed by atoms with Gasteiger partial charge in [0, 0.05) is 95.9 Å². The number of phenols is 1. The lowest BCUT2D eigenvalue weighted by Crippen LogP contribution is -2.27. The van der Waals surface area contributed by atoms with E-state index >= 15 is 0 Å². The number of nitrogens with one attached hydrogen (secondary N) is 2. The number of aromatic hydroxyl groups is 1. The number of hydrogen-bond donors (Lipinski definition) is 6. The van der Waals surface area contributed by atoms with E-state index in [1.54, 1.807) is 18.2 Å². The Morgan fingerprint density at radius 2 is 1.27 bits per heavy atom. The van der Waals surface area contributed by atoms with Gasteiger partial charge in [-0.1, -0.05) is 18.2 Å². The Bertz CT molecular complexity index is 3740. The molecule has 0 spiro atoms. The molecule has 4 aromatic carbocycles. The predicted molar refractivity (Wildman–Crippen MR) is 262 cm³/mol. The van der Waals surface area contributed by atoms with Crippen molar-refractivity contribution in [2.24, 2.45) is 4.99 Å². The molecule has 0 unspecified atom stereocenters. The molecule has 5 aromatic rings. The van der Waals surface area contributed by atoms with Crippen LogP contribution in [0, 0.1) is 0 Å². The standard InChI is InChI=1S/C54H41N5O12/c1-4-55-30-8-13-35-44(21-30)70-45-22-31(59(2)3)9-14-36(45)47(35)33-11-6-28(19-39(33)53(66)67)50(62)57-25-27-5-17-42(56-24-27)51(63)58-26-41-43(61)18-16-38-48(37-15-10-32(60)23-46(37)71-49(38)41)34-12-7-29(52(64)65)20-40(34)54(68)69/h5-24,60H,4,25-26H2,1-3H3,(H,57,62)(H,58,63)(H,64,65)(H,66,67)(H,68,69)/b55-30+. The molecule has 354 valence electrons. The molecular formula is C54H41N5O12. The summed E-state index contributed by atoms with van der Waals surface area (Å²) in [4.78, 5) is 88.1. The van der Waals surface area contributed by atoms with Crippen LogP contribution in [-0.2, 0) is 13.1 Å². The lowest BCUT2D eigenvalue weighted by Gasteiger charge is -2.19. The first kappa shape index (κ1) is 46.5. The molecule has 0 radical (unpaired) electrons. The zero-order valence-electron chi connectivity index (χ0n) is 38.1. The number of rotatable bonds is 13. The normalized spacial score (nSPS) is 11.6. The van der Waals surface area contributed by atoms with E-state index in [0.717, 1.165) is 11.8 Å². The molecule has 17 nitrogen and oxygen atoms in total. The van der Waals surface area contributed by atoms with Crippen LogP contribution in [0.3, 0.4) is 0 Å². The number of carbonyl (C=O) groups is 5. The lowest BCUT2D eigenvalue weighted by atomic mass is 9.88. The highest BCUT2D eigenvalue weighted by Crippen LogP contribution is 2.44. The number of amides is 2. The van der Waals surface area contributed by atoms with E-state index in [1.807, 2.05) is 62.3 Å². The van der Waals surface area contributed by atoms with E-state index in [9.17, 15) is 49.2 Å². The quantitative estimate of drug-likeness (QED) is 0.0597. The highest BCUT2D eigenvalue weighted by atomic mass is 16.4. The molecule has 0 fully saturated rings. The summed E-state index contributed by atoms with van der Waals surface area (Å²) < 4.78 is 12.5. The number of carboxylic acid groups (broad SMARTS) is 3. The number of nitrogens with zero attached hydrogens (tertiary/aromatic N) is 3. The van der Waals surface area contributed by atoms with Crippen molar-refractivity contribution >= 4 is 57.3 Å². The molecule has 71 heavy (non-hydrogen) atoms. The zero-order valence-corrected chi connectivity index (χ0v) is 38.1. The van der Waals surface area contributed by atoms with Gasteiger partial charge in [0.15, 0.2) is 5.43 Å². The molecule has 9 rings (SSSR count). The number of anilines is 1. The van der Waals surface area contributed by atoms with Crippen LogP contribution in [0.25, 0.3) is 66.8 Å². The number of fused-ring (bicyclic) bond motifs is 4. The van der Waals surface area contributed by atoms with Gasteiger partial charge in [-0.2, -0.15) is 0 Å². The summed E-state index contributed by atoms with van der Waals surface area (Å²) in [5.74, 6) is -4.88. The minimum absolute atomic E-state index is 0.00306. The van der Waals surface area contributed by atoms with E-state index in [-0.39, 0.29) is 80.4 Å². The van der Waals surface area contributed by atoms with E-state index in [0.29, 0.717) is 56.3 Å². The zero-order chi connectivity index (χ0) is 50.2. The average Bonchev–Trinajstić information content (AvgIpc) is 3.35. The summed E-state index contributed by atoms with van der Waals surface area (Å²) in [6.07, 6.45) is 1.38. The molecular weight excluding hydrogens is 911 g/mol. The molecule has 4 aliphatic rings. The monoisotopic (exact) mass is 951 g/mol. The van der Waals surface area contributed by atoms with Crippen LogP contribution in [0.4, 0.5) is 5.69 Å². The van der Waals surface area contributed by atoms with Crippen LogP contribution < -0.4 is 26.3 Å². The second-order valence-corrected chi connectivity index (χ2v) is 16.6. The summed E-state index contributed by atoms with van der Waals surface area (Å²) in [7, 11) is 3.81. The van der Waals surface area contributed by atoms with Gasteiger partial charge >= 0.3 is 17.9 Å². The van der Waals surface area contributed by atoms with Crippen LogP contribution >= 0.6 is 0 Å². The number of carbonyl (C=O) groups excluding carboxylic acids is 2. The van der Waals surface area contributed by atoms with Crippen molar-refractivity contribution in [2.75, 3.05) is 25.5 Å². The summed E-state index contributed by atoms with van der Waals surface area (Å²) in [5.41, 5.74) is 3.22. The molecule has 2 amide bonds. The van der Waals surface area contributed by atoms with Gasteiger partial charge in [0.2, 0.25) is 0 Å². The fourth-order valence-electron chi connectivity index (χ4n) is 8.51. The third-order valence-electron chi connectivity index (χ3n) is 12.0. The highest BCUT2D eigenvalue weighted by molar-refractivity contribution is 6.11. The number of pyridine rings is 1. The molecule has 17 heteroatoms.